The van der Waals surface area contributed by atoms with Gasteiger partial charge in [-0.05, 0) is 36.5 Å². The van der Waals surface area contributed by atoms with Crippen LogP contribution in [0, 0.1) is 0 Å². The molecular weight excluding hydrogens is 421 g/mol. The number of carbonyl (C=O) groups is 1. The minimum Gasteiger partial charge on any atom is -0.512 e. The van der Waals surface area contributed by atoms with E-state index in [0.717, 1.165) is 28.9 Å². The first-order valence-corrected chi connectivity index (χ1v) is 11.0. The van der Waals surface area contributed by atoms with Gasteiger partial charge in [-0.2, -0.15) is 9.61 Å². The zero-order valence-corrected chi connectivity index (χ0v) is 18.3. The fourth-order valence-electron chi connectivity index (χ4n) is 3.87. The predicted molar refractivity (Wildman–Crippen MR) is 127 cm³/mol. The number of carbonyl (C=O) groups excluding carboxylic acids is 1. The number of aliphatic hydroxyl groups is 1. The summed E-state index contributed by atoms with van der Waals surface area (Å²) in [5.74, 6) is 2.22. The molecule has 0 fully saturated rings. The number of fused-ring (bicyclic) bond motifs is 2. The molecule has 0 atom stereocenters. The first-order valence-electron chi connectivity index (χ1n) is 11.0. The molecule has 1 amide bonds. The molecule has 0 unspecified atom stereocenters. The summed E-state index contributed by atoms with van der Waals surface area (Å²) in [5.41, 5.74) is 3.68. The lowest BCUT2D eigenvalue weighted by Crippen LogP contribution is -2.26. The van der Waals surface area contributed by atoms with Crippen LogP contribution in [0.25, 0.3) is 11.2 Å². The number of aromatic nitrogens is 3. The van der Waals surface area contributed by atoms with Crippen molar-refractivity contribution in [2.24, 2.45) is 0 Å². The number of nitrogens with one attached hydrogen (secondary N) is 2. The van der Waals surface area contributed by atoms with Crippen molar-refractivity contribution in [3.05, 3.63) is 59.6 Å². The number of anilines is 1. The highest BCUT2D eigenvalue weighted by atomic mass is 16.7. The normalized spacial score (nSPS) is 14.7. The minimum absolute atomic E-state index is 0.156. The molecule has 3 N–H and O–H groups in total. The molecule has 1 aromatic carbocycles. The Labute approximate surface area is 191 Å². The number of benzene rings is 1. The second-order valence-electron chi connectivity index (χ2n) is 8.00. The van der Waals surface area contributed by atoms with Gasteiger partial charge in [0.1, 0.15) is 19.4 Å². The summed E-state index contributed by atoms with van der Waals surface area (Å²) in [5, 5.41) is 21.1. The highest BCUT2D eigenvalue weighted by Crippen LogP contribution is 2.32. The number of amides is 1. The molecule has 3 heterocycles. The average Bonchev–Trinajstić information content (AvgIpc) is 3.45. The van der Waals surface area contributed by atoms with Crippen LogP contribution in [0.15, 0.2) is 48.4 Å². The molecule has 3 aromatic rings. The second-order valence-corrected chi connectivity index (χ2v) is 8.00. The minimum atomic E-state index is -0.156. The third-order valence-electron chi connectivity index (χ3n) is 5.65. The Hall–Kier alpha value is -3.95. The second kappa shape index (κ2) is 8.89. The Kier molecular flexibility index (Phi) is 5.64. The van der Waals surface area contributed by atoms with E-state index in [2.05, 4.69) is 15.7 Å². The van der Waals surface area contributed by atoms with Crippen LogP contribution in [0.4, 0.5) is 5.82 Å². The number of allylic oxidation sites excluding steroid dienone is 4. The smallest absolute Gasteiger partial charge is 0.251 e. The molecule has 0 saturated carbocycles. The maximum absolute atomic E-state index is 12.4. The van der Waals surface area contributed by atoms with Crippen LogP contribution in [-0.4, -0.2) is 53.3 Å². The summed E-state index contributed by atoms with van der Waals surface area (Å²) >= 11 is 0. The predicted octanol–water partition coefficient (Wildman–Crippen LogP) is 1.57. The van der Waals surface area contributed by atoms with Crippen molar-refractivity contribution in [1.82, 2.24) is 19.9 Å². The Bertz CT molecular complexity index is 1280. The summed E-state index contributed by atoms with van der Waals surface area (Å²) in [6.07, 6.45) is 7.88. The molecule has 2 aliphatic rings. The van der Waals surface area contributed by atoms with E-state index in [0.29, 0.717) is 54.4 Å². The Morgan fingerprint density at radius 2 is 2.09 bits per heavy atom. The van der Waals surface area contributed by atoms with E-state index in [1.807, 2.05) is 26.1 Å². The summed E-state index contributed by atoms with van der Waals surface area (Å²) in [6.45, 7) is 1.31. The Morgan fingerprint density at radius 3 is 2.97 bits per heavy atom. The van der Waals surface area contributed by atoms with Crippen LogP contribution >= 0.6 is 0 Å². The van der Waals surface area contributed by atoms with Crippen LogP contribution in [0.2, 0.25) is 0 Å². The molecule has 9 nitrogen and oxygen atoms in total. The van der Waals surface area contributed by atoms with Crippen LogP contribution in [-0.2, 0) is 0 Å². The molecular formula is C23H24BN5O4. The molecule has 0 saturated heterocycles. The van der Waals surface area contributed by atoms with Crippen molar-refractivity contribution < 1.29 is 19.4 Å². The lowest BCUT2D eigenvalue weighted by Gasteiger charge is -2.14. The van der Waals surface area contributed by atoms with E-state index in [4.69, 9.17) is 14.5 Å². The van der Waals surface area contributed by atoms with Crippen molar-refractivity contribution in [3.8, 4) is 11.5 Å². The first kappa shape index (κ1) is 20.9. The van der Waals surface area contributed by atoms with Gasteiger partial charge in [0.25, 0.3) is 5.91 Å². The van der Waals surface area contributed by atoms with Crippen molar-refractivity contribution in [2.45, 2.75) is 19.3 Å². The largest absolute Gasteiger partial charge is 0.512 e. The van der Waals surface area contributed by atoms with E-state index in [9.17, 15) is 9.90 Å². The van der Waals surface area contributed by atoms with E-state index in [1.165, 1.54) is 0 Å². The van der Waals surface area contributed by atoms with Crippen molar-refractivity contribution in [3.63, 3.8) is 0 Å². The maximum atomic E-state index is 12.4. The fourth-order valence-corrected chi connectivity index (χ4v) is 3.87. The van der Waals surface area contributed by atoms with Crippen LogP contribution in [0.1, 0.15) is 35.3 Å². The summed E-state index contributed by atoms with van der Waals surface area (Å²) in [6, 6.07) is 7.05. The molecule has 1 aliphatic carbocycles. The molecule has 33 heavy (non-hydrogen) atoms. The Morgan fingerprint density at radius 1 is 1.21 bits per heavy atom. The summed E-state index contributed by atoms with van der Waals surface area (Å²) in [7, 11) is 1.96. The van der Waals surface area contributed by atoms with Gasteiger partial charge in [0, 0.05) is 42.9 Å². The lowest BCUT2D eigenvalue weighted by atomic mass is 9.99. The SMILES string of the molecule is Bc1cnn2c(NCCCNC(=O)c3ccc4c(c3)OCO4)cc(C3=C(O)CCC=C3)nc12. The topological polar surface area (TPSA) is 110 Å². The van der Waals surface area contributed by atoms with Crippen molar-refractivity contribution >= 4 is 36.3 Å². The number of hydrogen-bond acceptors (Lipinski definition) is 7. The Balaban J connectivity index is 1.22. The molecule has 2 aromatic heterocycles. The van der Waals surface area contributed by atoms with Gasteiger partial charge in [-0.3, -0.25) is 4.79 Å². The zero-order chi connectivity index (χ0) is 22.8. The third-order valence-corrected chi connectivity index (χ3v) is 5.65. The standard InChI is InChI=1S/C23H24BN5O4/c24-16-12-27-29-21(11-17(28-22(16)29)15-4-1-2-5-18(15)30)25-8-3-9-26-23(31)14-6-7-19-20(10-14)33-13-32-19/h1,4,6-7,10-12,25,30H,2-3,5,8-9,13,24H2,(H,26,31). The highest BCUT2D eigenvalue weighted by Gasteiger charge is 2.17. The van der Waals surface area contributed by atoms with Gasteiger partial charge in [-0.1, -0.05) is 12.2 Å². The average molecular weight is 445 g/mol. The van der Waals surface area contributed by atoms with Gasteiger partial charge in [0.05, 0.1) is 5.69 Å². The number of ether oxygens (including phenoxy) is 2. The summed E-state index contributed by atoms with van der Waals surface area (Å²) < 4.78 is 12.4. The molecule has 10 heteroatoms. The number of rotatable bonds is 7. The summed E-state index contributed by atoms with van der Waals surface area (Å²) in [4.78, 5) is 17.1. The monoisotopic (exact) mass is 445 g/mol. The van der Waals surface area contributed by atoms with Crippen molar-refractivity contribution in [2.75, 3.05) is 25.2 Å². The highest BCUT2D eigenvalue weighted by molar-refractivity contribution is 6.36. The number of aliphatic hydroxyl groups excluding tert-OH is 1. The first-order chi connectivity index (χ1) is 16.1. The molecule has 5 rings (SSSR count). The van der Waals surface area contributed by atoms with E-state index in [1.54, 1.807) is 28.9 Å². The van der Waals surface area contributed by atoms with Gasteiger partial charge in [-0.25, -0.2) is 4.98 Å². The molecule has 0 bridgehead atoms. The molecule has 0 spiro atoms. The number of nitrogens with zero attached hydrogens (tertiary/aromatic N) is 3. The fraction of sp³-hybridized carbons (Fsp3) is 0.261. The quantitative estimate of drug-likeness (QED) is 0.374. The van der Waals surface area contributed by atoms with E-state index < -0.39 is 0 Å². The van der Waals surface area contributed by atoms with E-state index >= 15 is 0 Å². The molecule has 0 radical (unpaired) electrons. The van der Waals surface area contributed by atoms with E-state index in [-0.39, 0.29) is 12.7 Å². The van der Waals surface area contributed by atoms with Gasteiger partial charge >= 0.3 is 0 Å². The van der Waals surface area contributed by atoms with Gasteiger partial charge < -0.3 is 25.2 Å². The van der Waals surface area contributed by atoms with Crippen LogP contribution in [0.3, 0.4) is 0 Å². The van der Waals surface area contributed by atoms with Gasteiger partial charge in [0.2, 0.25) is 6.79 Å². The van der Waals surface area contributed by atoms with Crippen LogP contribution < -0.4 is 25.6 Å². The van der Waals surface area contributed by atoms with Crippen molar-refractivity contribution in [1.29, 1.82) is 0 Å². The molecule has 1 aliphatic heterocycles. The maximum Gasteiger partial charge on any atom is 0.251 e. The van der Waals surface area contributed by atoms with Gasteiger partial charge in [0.15, 0.2) is 17.1 Å². The third kappa shape index (κ3) is 4.24. The lowest BCUT2D eigenvalue weighted by molar-refractivity contribution is 0.0953. The van der Waals surface area contributed by atoms with Gasteiger partial charge in [-0.15, -0.1) is 0 Å². The molecule has 168 valence electrons. The van der Waals surface area contributed by atoms with Crippen LogP contribution in [0.5, 0.6) is 11.5 Å². The zero-order valence-electron chi connectivity index (χ0n) is 18.3. The number of hydrogen-bond donors (Lipinski definition) is 3.